The maximum absolute atomic E-state index is 13.6. The molecule has 4 aliphatic rings. The van der Waals surface area contributed by atoms with E-state index in [1.54, 1.807) is 29.4 Å². The third kappa shape index (κ3) is 9.04. The Kier molecular flexibility index (Phi) is 10.9. The largest absolute Gasteiger partial charge is 0.462 e. The number of ketones is 1. The van der Waals surface area contributed by atoms with Crippen molar-refractivity contribution in [3.63, 3.8) is 0 Å². The van der Waals surface area contributed by atoms with Gasteiger partial charge in [0.1, 0.15) is 17.6 Å². The Morgan fingerprint density at radius 2 is 1.83 bits per heavy atom. The fraction of sp³-hybridized carbons (Fsp3) is 0.528. The molecular weight excluding hydrogens is 604 g/mol. The number of amides is 2. The number of nitrogens with zero attached hydrogens (tertiary/aromatic N) is 3. The molecule has 1 aromatic carbocycles. The lowest BCUT2D eigenvalue weighted by atomic mass is 9.85. The van der Waals surface area contributed by atoms with E-state index < -0.39 is 5.60 Å². The number of ether oxygens (including phenoxy) is 2. The average Bonchev–Trinajstić information content (AvgIpc) is 3.03. The fourth-order valence-electron chi connectivity index (χ4n) is 6.57. The van der Waals surface area contributed by atoms with Gasteiger partial charge in [-0.1, -0.05) is 29.8 Å². The Hall–Kier alpha value is -3.56. The molecule has 248 valence electrons. The number of allylic oxidation sites excluding steroid dienone is 4. The molecule has 0 radical (unpaired) electrons. The first kappa shape index (κ1) is 33.8. The van der Waals surface area contributed by atoms with Gasteiger partial charge in [0.15, 0.2) is 5.78 Å². The molecule has 10 heteroatoms. The highest BCUT2D eigenvalue weighted by atomic mass is 35.5. The predicted molar refractivity (Wildman–Crippen MR) is 179 cm³/mol. The quantitative estimate of drug-likeness (QED) is 0.349. The number of rotatable bonds is 8. The SMILES string of the molecule is CC(NC(=O)c1cc(Cl)ccc1C1CCN(CCN2C=COC(C3=CC=CC(=O)C3)=C2)CC1)C1CCN(C(=O)OC(C)(C)C)CC1. The zero-order chi connectivity index (χ0) is 32.8. The van der Waals surface area contributed by atoms with Crippen LogP contribution in [0.3, 0.4) is 0 Å². The molecule has 9 nitrogen and oxygen atoms in total. The molecule has 0 saturated carbocycles. The van der Waals surface area contributed by atoms with Crippen molar-refractivity contribution in [2.45, 2.75) is 77.4 Å². The smallest absolute Gasteiger partial charge is 0.410 e. The van der Waals surface area contributed by atoms with Crippen LogP contribution in [0.1, 0.15) is 81.6 Å². The number of benzene rings is 1. The summed E-state index contributed by atoms with van der Waals surface area (Å²) in [7, 11) is 0. The number of nitrogens with one attached hydrogen (secondary N) is 1. The molecule has 2 saturated heterocycles. The molecule has 2 fully saturated rings. The molecule has 1 N–H and O–H groups in total. The number of likely N-dealkylation sites (tertiary alicyclic amines) is 2. The van der Waals surface area contributed by atoms with Crippen LogP contribution in [0.25, 0.3) is 0 Å². The molecule has 3 aliphatic heterocycles. The van der Waals surface area contributed by atoms with Gasteiger partial charge in [0.25, 0.3) is 5.91 Å². The van der Waals surface area contributed by atoms with E-state index in [-0.39, 0.29) is 35.7 Å². The number of hydrogen-bond donors (Lipinski definition) is 1. The van der Waals surface area contributed by atoms with E-state index >= 15 is 0 Å². The average molecular weight is 651 g/mol. The monoisotopic (exact) mass is 650 g/mol. The van der Waals surface area contributed by atoms with Crippen molar-refractivity contribution in [2.75, 3.05) is 39.3 Å². The molecular formula is C36H47ClN4O5. The molecule has 46 heavy (non-hydrogen) atoms. The molecule has 2 amide bonds. The van der Waals surface area contributed by atoms with E-state index in [1.165, 1.54) is 0 Å². The van der Waals surface area contributed by atoms with E-state index in [1.807, 2.05) is 51.4 Å². The summed E-state index contributed by atoms with van der Waals surface area (Å²) < 4.78 is 11.2. The Bertz CT molecular complexity index is 1410. The van der Waals surface area contributed by atoms with Crippen LogP contribution in [0.15, 0.2) is 66.4 Å². The Labute approximate surface area is 277 Å². The van der Waals surface area contributed by atoms with E-state index in [2.05, 4.69) is 22.0 Å². The van der Waals surface area contributed by atoms with Gasteiger partial charge in [0.2, 0.25) is 0 Å². The number of piperidine rings is 2. The molecule has 1 aromatic rings. The molecule has 0 bridgehead atoms. The fourth-order valence-corrected chi connectivity index (χ4v) is 6.74. The van der Waals surface area contributed by atoms with Gasteiger partial charge in [-0.05, 0) is 102 Å². The van der Waals surface area contributed by atoms with Crippen LogP contribution >= 0.6 is 11.6 Å². The Morgan fingerprint density at radius 3 is 2.52 bits per heavy atom. The van der Waals surface area contributed by atoms with Gasteiger partial charge in [-0.3, -0.25) is 9.59 Å². The highest BCUT2D eigenvalue weighted by Crippen LogP contribution is 2.33. The summed E-state index contributed by atoms with van der Waals surface area (Å²) >= 11 is 6.40. The van der Waals surface area contributed by atoms with E-state index in [9.17, 15) is 14.4 Å². The van der Waals surface area contributed by atoms with Gasteiger partial charge in [0.05, 0.1) is 0 Å². The van der Waals surface area contributed by atoms with E-state index in [0.29, 0.717) is 35.9 Å². The summed E-state index contributed by atoms with van der Waals surface area (Å²) in [5.74, 6) is 1.26. The summed E-state index contributed by atoms with van der Waals surface area (Å²) in [6.45, 7) is 12.5. The maximum atomic E-state index is 13.6. The van der Waals surface area contributed by atoms with Gasteiger partial charge in [-0.2, -0.15) is 0 Å². The minimum atomic E-state index is -0.516. The summed E-state index contributed by atoms with van der Waals surface area (Å²) in [6, 6.07) is 5.68. The van der Waals surface area contributed by atoms with Gasteiger partial charge in [-0.15, -0.1) is 0 Å². The molecule has 1 aliphatic carbocycles. The first-order chi connectivity index (χ1) is 21.9. The van der Waals surface area contributed by atoms with E-state index in [0.717, 1.165) is 63.0 Å². The van der Waals surface area contributed by atoms with E-state index in [4.69, 9.17) is 21.1 Å². The van der Waals surface area contributed by atoms with Crippen LogP contribution in [-0.2, 0) is 14.3 Å². The zero-order valence-electron chi connectivity index (χ0n) is 27.5. The minimum Gasteiger partial charge on any atom is -0.462 e. The number of carbonyl (C=O) groups excluding carboxylic acids is 3. The normalized spacial score (nSPS) is 20.6. The van der Waals surface area contributed by atoms with Crippen molar-refractivity contribution >= 4 is 29.4 Å². The topological polar surface area (TPSA) is 91.4 Å². The summed E-state index contributed by atoms with van der Waals surface area (Å²) in [6.07, 6.45) is 14.5. The zero-order valence-corrected chi connectivity index (χ0v) is 28.2. The summed E-state index contributed by atoms with van der Waals surface area (Å²) in [4.78, 5) is 44.2. The third-order valence-electron chi connectivity index (χ3n) is 9.21. The first-order valence-electron chi connectivity index (χ1n) is 16.5. The number of halogens is 1. The van der Waals surface area contributed by atoms with Crippen LogP contribution in [0.5, 0.6) is 0 Å². The second kappa shape index (κ2) is 14.9. The Balaban J connectivity index is 1.11. The number of hydrogen-bond acceptors (Lipinski definition) is 7. The lowest BCUT2D eigenvalue weighted by Gasteiger charge is -2.36. The van der Waals surface area contributed by atoms with Crippen molar-refractivity contribution < 1.29 is 23.9 Å². The van der Waals surface area contributed by atoms with Crippen molar-refractivity contribution in [1.82, 2.24) is 20.0 Å². The van der Waals surface area contributed by atoms with Crippen molar-refractivity contribution in [3.8, 4) is 0 Å². The summed E-state index contributed by atoms with van der Waals surface area (Å²) in [5.41, 5.74) is 2.09. The molecule has 0 spiro atoms. The second-order valence-corrected chi connectivity index (χ2v) is 14.2. The third-order valence-corrected chi connectivity index (χ3v) is 9.45. The van der Waals surface area contributed by atoms with Gasteiger partial charge in [0, 0.05) is 67.2 Å². The van der Waals surface area contributed by atoms with Crippen molar-refractivity contribution in [3.05, 3.63) is 82.6 Å². The van der Waals surface area contributed by atoms with Crippen LogP contribution in [0, 0.1) is 5.92 Å². The molecule has 1 atom stereocenters. The molecule has 0 aromatic heterocycles. The summed E-state index contributed by atoms with van der Waals surface area (Å²) in [5, 5.41) is 3.81. The lowest BCUT2D eigenvalue weighted by molar-refractivity contribution is -0.114. The Morgan fingerprint density at radius 1 is 1.09 bits per heavy atom. The van der Waals surface area contributed by atoms with Gasteiger partial charge >= 0.3 is 6.09 Å². The molecule has 1 unspecified atom stereocenters. The van der Waals surface area contributed by atoms with Gasteiger partial charge < -0.3 is 29.5 Å². The second-order valence-electron chi connectivity index (χ2n) is 13.7. The highest BCUT2D eigenvalue weighted by Gasteiger charge is 2.31. The van der Waals surface area contributed by atoms with Crippen LogP contribution in [-0.4, -0.2) is 83.4 Å². The van der Waals surface area contributed by atoms with Crippen molar-refractivity contribution in [2.24, 2.45) is 5.92 Å². The lowest BCUT2D eigenvalue weighted by Crippen LogP contribution is -2.46. The number of carbonyl (C=O) groups is 3. The standard InChI is InChI=1S/C36H47ClN4O5/c1-25(26-12-16-41(17-13-26)35(44)46-36(2,3)4)38-34(43)32-23-29(37)8-9-31(32)27-10-14-39(15-11-27)18-19-40-20-21-45-33(24-40)28-6-5-7-30(42)22-28/h5-9,20-21,23-27H,10-19,22H2,1-4H3,(H,38,43). The maximum Gasteiger partial charge on any atom is 0.410 e. The predicted octanol–water partition coefficient (Wildman–Crippen LogP) is 6.39. The van der Waals surface area contributed by atoms with Crippen LogP contribution < -0.4 is 5.32 Å². The molecule has 5 rings (SSSR count). The van der Waals surface area contributed by atoms with Crippen LogP contribution in [0.2, 0.25) is 5.02 Å². The minimum absolute atomic E-state index is 0.0304. The first-order valence-corrected chi connectivity index (χ1v) is 16.8. The molecule has 3 heterocycles. The van der Waals surface area contributed by atoms with Crippen LogP contribution in [0.4, 0.5) is 4.79 Å². The van der Waals surface area contributed by atoms with Gasteiger partial charge in [-0.25, -0.2) is 4.79 Å². The highest BCUT2D eigenvalue weighted by molar-refractivity contribution is 6.31. The van der Waals surface area contributed by atoms with Crippen molar-refractivity contribution in [1.29, 1.82) is 0 Å².